The smallest absolute Gasteiger partial charge is 0.146 e. The van der Waals surface area contributed by atoms with E-state index in [0.29, 0.717) is 25.3 Å². The number of benzene rings is 1. The van der Waals surface area contributed by atoms with Crippen molar-refractivity contribution >= 4 is 5.69 Å². The van der Waals surface area contributed by atoms with Crippen molar-refractivity contribution in [3.8, 4) is 6.07 Å². The van der Waals surface area contributed by atoms with Gasteiger partial charge < -0.3 is 10.1 Å². The number of rotatable bonds is 2. The summed E-state index contributed by atoms with van der Waals surface area (Å²) in [4.78, 5) is 0. The van der Waals surface area contributed by atoms with Gasteiger partial charge in [0.05, 0.1) is 18.4 Å². The number of nitrogens with zero attached hydrogens (tertiary/aromatic N) is 1. The van der Waals surface area contributed by atoms with Gasteiger partial charge >= 0.3 is 0 Å². The molecule has 0 bridgehead atoms. The average Bonchev–Trinajstić information content (AvgIpc) is 2.35. The first-order valence-electron chi connectivity index (χ1n) is 5.70. The Hall–Kier alpha value is -1.60. The number of nitrogens with one attached hydrogen (secondary N) is 1. The number of hydrogen-bond donors (Lipinski definition) is 1. The topological polar surface area (TPSA) is 45.0 Å². The molecule has 2 atom stereocenters. The van der Waals surface area contributed by atoms with Gasteiger partial charge in [0.25, 0.3) is 0 Å². The zero-order valence-electron chi connectivity index (χ0n) is 9.74. The van der Waals surface area contributed by atoms with E-state index in [1.54, 1.807) is 18.2 Å². The van der Waals surface area contributed by atoms with Crippen LogP contribution in [0, 0.1) is 23.1 Å². The van der Waals surface area contributed by atoms with Gasteiger partial charge in [-0.2, -0.15) is 5.26 Å². The summed E-state index contributed by atoms with van der Waals surface area (Å²) in [6.07, 6.45) is 0.568. The molecule has 90 valence electrons. The monoisotopic (exact) mass is 234 g/mol. The van der Waals surface area contributed by atoms with Gasteiger partial charge in [0.1, 0.15) is 11.4 Å². The summed E-state index contributed by atoms with van der Waals surface area (Å²) in [5.74, 6) is -0.304. The minimum atomic E-state index is -0.736. The summed E-state index contributed by atoms with van der Waals surface area (Å²) < 4.78 is 18.9. The van der Waals surface area contributed by atoms with Crippen LogP contribution in [-0.4, -0.2) is 18.8 Å². The van der Waals surface area contributed by atoms with Crippen LogP contribution in [0.25, 0.3) is 0 Å². The van der Waals surface area contributed by atoms with Crippen molar-refractivity contribution in [1.82, 2.24) is 0 Å². The van der Waals surface area contributed by atoms with E-state index < -0.39 is 5.54 Å². The Morgan fingerprint density at radius 2 is 2.29 bits per heavy atom. The summed E-state index contributed by atoms with van der Waals surface area (Å²) in [6, 6.07) is 8.70. The van der Waals surface area contributed by atoms with Crippen LogP contribution >= 0.6 is 0 Å². The molecule has 3 nitrogen and oxygen atoms in total. The lowest BCUT2D eigenvalue weighted by molar-refractivity contribution is 0.0350. The molecule has 0 aromatic heterocycles. The van der Waals surface area contributed by atoms with E-state index >= 15 is 0 Å². The van der Waals surface area contributed by atoms with Crippen molar-refractivity contribution in [2.75, 3.05) is 18.5 Å². The second-order valence-corrected chi connectivity index (χ2v) is 4.41. The number of ether oxygens (including phenoxy) is 1. The summed E-state index contributed by atoms with van der Waals surface area (Å²) in [6.45, 7) is 2.99. The quantitative estimate of drug-likeness (QED) is 0.855. The molecule has 1 fully saturated rings. The molecule has 0 spiro atoms. The molecular weight excluding hydrogens is 219 g/mol. The van der Waals surface area contributed by atoms with Crippen molar-refractivity contribution in [2.45, 2.75) is 18.9 Å². The third kappa shape index (κ3) is 2.25. The van der Waals surface area contributed by atoms with Crippen LogP contribution in [0.4, 0.5) is 10.1 Å². The highest BCUT2D eigenvalue weighted by atomic mass is 19.1. The molecule has 1 heterocycles. The fraction of sp³-hybridized carbons (Fsp3) is 0.462. The number of para-hydroxylation sites is 1. The van der Waals surface area contributed by atoms with E-state index in [1.807, 2.05) is 6.92 Å². The van der Waals surface area contributed by atoms with E-state index in [1.165, 1.54) is 6.07 Å². The molecule has 0 radical (unpaired) electrons. The Kier molecular flexibility index (Phi) is 3.30. The van der Waals surface area contributed by atoms with E-state index in [4.69, 9.17) is 4.74 Å². The molecule has 0 saturated carbocycles. The Morgan fingerprint density at radius 3 is 2.94 bits per heavy atom. The van der Waals surface area contributed by atoms with Crippen molar-refractivity contribution in [1.29, 1.82) is 5.26 Å². The summed E-state index contributed by atoms with van der Waals surface area (Å²) in [5, 5.41) is 12.4. The predicted molar refractivity (Wildman–Crippen MR) is 63.0 cm³/mol. The average molecular weight is 234 g/mol. The normalized spacial score (nSPS) is 28.4. The number of anilines is 1. The van der Waals surface area contributed by atoms with Crippen molar-refractivity contribution in [3.05, 3.63) is 30.1 Å². The Morgan fingerprint density at radius 1 is 1.53 bits per heavy atom. The Labute approximate surface area is 100 Å². The standard InChI is InChI=1S/C13H15FN2O/c1-10-8-17-7-6-13(10,9-15)16-12-5-3-2-4-11(12)14/h2-5,10,16H,6-8H2,1H3. The molecule has 2 unspecified atom stereocenters. The van der Waals surface area contributed by atoms with E-state index in [-0.39, 0.29) is 11.7 Å². The maximum absolute atomic E-state index is 13.6. The van der Waals surface area contributed by atoms with Crippen LogP contribution in [0.2, 0.25) is 0 Å². The molecule has 2 rings (SSSR count). The third-order valence-electron chi connectivity index (χ3n) is 3.28. The largest absolute Gasteiger partial charge is 0.381 e. The van der Waals surface area contributed by atoms with Crippen molar-refractivity contribution in [3.63, 3.8) is 0 Å². The van der Waals surface area contributed by atoms with E-state index in [9.17, 15) is 9.65 Å². The predicted octanol–water partition coefficient (Wildman–Crippen LogP) is 2.56. The van der Waals surface area contributed by atoms with E-state index in [0.717, 1.165) is 0 Å². The highest BCUT2D eigenvalue weighted by Crippen LogP contribution is 2.30. The number of halogens is 1. The molecule has 1 saturated heterocycles. The lowest BCUT2D eigenvalue weighted by Gasteiger charge is -2.38. The molecule has 1 N–H and O–H groups in total. The molecule has 4 heteroatoms. The van der Waals surface area contributed by atoms with Gasteiger partial charge in [-0.25, -0.2) is 4.39 Å². The first-order chi connectivity index (χ1) is 8.18. The zero-order valence-corrected chi connectivity index (χ0v) is 9.74. The third-order valence-corrected chi connectivity index (χ3v) is 3.28. The van der Waals surface area contributed by atoms with Gasteiger partial charge in [0.15, 0.2) is 0 Å². The van der Waals surface area contributed by atoms with Crippen LogP contribution < -0.4 is 5.32 Å². The van der Waals surface area contributed by atoms with Crippen LogP contribution in [0.5, 0.6) is 0 Å². The molecule has 1 aromatic carbocycles. The van der Waals surface area contributed by atoms with Gasteiger partial charge in [0, 0.05) is 18.9 Å². The minimum absolute atomic E-state index is 0.0286. The second kappa shape index (κ2) is 4.72. The summed E-state index contributed by atoms with van der Waals surface area (Å²) >= 11 is 0. The molecule has 1 aliphatic rings. The van der Waals surface area contributed by atoms with E-state index in [2.05, 4.69) is 11.4 Å². The SMILES string of the molecule is CC1COCCC1(C#N)Nc1ccccc1F. The number of hydrogen-bond acceptors (Lipinski definition) is 3. The lowest BCUT2D eigenvalue weighted by Crippen LogP contribution is -2.49. The fourth-order valence-electron chi connectivity index (χ4n) is 2.06. The van der Waals surface area contributed by atoms with Crippen molar-refractivity contribution < 1.29 is 9.13 Å². The van der Waals surface area contributed by atoms with Crippen LogP contribution in [0.3, 0.4) is 0 Å². The summed E-state index contributed by atoms with van der Waals surface area (Å²) in [7, 11) is 0. The van der Waals surface area contributed by atoms with Crippen LogP contribution in [0.15, 0.2) is 24.3 Å². The van der Waals surface area contributed by atoms with Crippen LogP contribution in [0.1, 0.15) is 13.3 Å². The molecule has 17 heavy (non-hydrogen) atoms. The van der Waals surface area contributed by atoms with Gasteiger partial charge in [0.2, 0.25) is 0 Å². The van der Waals surface area contributed by atoms with Gasteiger partial charge in [-0.1, -0.05) is 19.1 Å². The molecule has 1 aromatic rings. The zero-order chi connectivity index (χ0) is 12.3. The highest BCUT2D eigenvalue weighted by molar-refractivity contribution is 5.49. The van der Waals surface area contributed by atoms with Gasteiger partial charge in [-0.3, -0.25) is 0 Å². The fourth-order valence-corrected chi connectivity index (χ4v) is 2.06. The summed E-state index contributed by atoms with van der Waals surface area (Å²) in [5.41, 5.74) is -0.358. The highest BCUT2D eigenvalue weighted by Gasteiger charge is 2.39. The molecule has 0 amide bonds. The molecular formula is C13H15FN2O. The minimum Gasteiger partial charge on any atom is -0.381 e. The number of nitriles is 1. The van der Waals surface area contributed by atoms with Crippen molar-refractivity contribution in [2.24, 2.45) is 5.92 Å². The molecule has 0 aliphatic carbocycles. The Bertz CT molecular complexity index is 443. The van der Waals surface area contributed by atoms with Gasteiger partial charge in [-0.15, -0.1) is 0 Å². The first kappa shape index (κ1) is 11.9. The van der Waals surface area contributed by atoms with Gasteiger partial charge in [-0.05, 0) is 12.1 Å². The second-order valence-electron chi connectivity index (χ2n) is 4.41. The maximum Gasteiger partial charge on any atom is 0.146 e. The Balaban J connectivity index is 2.26. The first-order valence-corrected chi connectivity index (χ1v) is 5.70. The van der Waals surface area contributed by atoms with Crippen LogP contribution in [-0.2, 0) is 4.74 Å². The maximum atomic E-state index is 13.6. The lowest BCUT2D eigenvalue weighted by atomic mass is 9.82. The molecule has 1 aliphatic heterocycles.